The lowest BCUT2D eigenvalue weighted by Gasteiger charge is -2.56. The van der Waals surface area contributed by atoms with E-state index in [0.717, 1.165) is 6.42 Å². The van der Waals surface area contributed by atoms with Gasteiger partial charge in [0.2, 0.25) is 0 Å². The Morgan fingerprint density at radius 1 is 1.25 bits per heavy atom. The van der Waals surface area contributed by atoms with Gasteiger partial charge in [0.05, 0.1) is 5.54 Å². The highest BCUT2D eigenvalue weighted by Crippen LogP contribution is 2.55. The number of alkyl carbamates (subject to hydrolysis) is 1. The molecule has 2 N–H and O–H groups in total. The molecule has 0 heterocycles. The molecule has 0 atom stereocenters. The summed E-state index contributed by atoms with van der Waals surface area (Å²) < 4.78 is 5.21. The summed E-state index contributed by atoms with van der Waals surface area (Å²) in [6.45, 7) is 5.25. The first-order valence-corrected chi connectivity index (χ1v) is 6.87. The summed E-state index contributed by atoms with van der Waals surface area (Å²) >= 11 is 0. The lowest BCUT2D eigenvalue weighted by atomic mass is 9.50. The third kappa shape index (κ3) is 2.27. The molecule has 0 bridgehead atoms. The maximum atomic E-state index is 11.9. The van der Waals surface area contributed by atoms with Crippen molar-refractivity contribution in [3.05, 3.63) is 0 Å². The van der Waals surface area contributed by atoms with Crippen molar-refractivity contribution < 1.29 is 24.2 Å². The van der Waals surface area contributed by atoms with Gasteiger partial charge in [-0.1, -0.05) is 0 Å². The number of ether oxygens (including phenoxy) is 1. The summed E-state index contributed by atoms with van der Waals surface area (Å²) in [6.07, 6.45) is 1.38. The molecule has 0 aromatic rings. The average Bonchev–Trinajstić information content (AvgIpc) is 2.15. The second-order valence-electron chi connectivity index (χ2n) is 6.84. The van der Waals surface area contributed by atoms with Crippen molar-refractivity contribution in [2.45, 2.75) is 64.0 Å². The highest BCUT2D eigenvalue weighted by molar-refractivity contribution is 5.98. The van der Waals surface area contributed by atoms with Gasteiger partial charge >= 0.3 is 12.1 Å². The van der Waals surface area contributed by atoms with Crippen molar-refractivity contribution in [2.75, 3.05) is 0 Å². The Kier molecular flexibility index (Phi) is 3.31. The van der Waals surface area contributed by atoms with Gasteiger partial charge in [0.15, 0.2) is 0 Å². The molecule has 0 aliphatic heterocycles. The molecule has 20 heavy (non-hydrogen) atoms. The number of hydrogen-bond donors (Lipinski definition) is 2. The number of rotatable bonds is 3. The zero-order valence-electron chi connectivity index (χ0n) is 12.1. The van der Waals surface area contributed by atoms with Gasteiger partial charge in [-0.05, 0) is 40.0 Å². The monoisotopic (exact) mass is 283 g/mol. The molecule has 0 aromatic heterocycles. The van der Waals surface area contributed by atoms with Crippen LogP contribution in [0, 0.1) is 5.41 Å². The summed E-state index contributed by atoms with van der Waals surface area (Å²) in [7, 11) is 0. The first-order chi connectivity index (χ1) is 9.10. The fourth-order valence-corrected chi connectivity index (χ4v) is 3.07. The van der Waals surface area contributed by atoms with E-state index in [4.69, 9.17) is 4.74 Å². The Balaban J connectivity index is 2.15. The van der Waals surface area contributed by atoms with Crippen LogP contribution in [0.4, 0.5) is 4.79 Å². The lowest BCUT2D eigenvalue weighted by Crippen LogP contribution is -2.71. The molecule has 2 rings (SSSR count). The highest BCUT2D eigenvalue weighted by Gasteiger charge is 2.66. The van der Waals surface area contributed by atoms with E-state index in [1.165, 1.54) is 0 Å². The van der Waals surface area contributed by atoms with Gasteiger partial charge in [0.1, 0.15) is 16.8 Å². The molecule has 2 aliphatic carbocycles. The Morgan fingerprint density at radius 2 is 1.80 bits per heavy atom. The molecule has 0 unspecified atom stereocenters. The Morgan fingerprint density at radius 3 is 2.10 bits per heavy atom. The van der Waals surface area contributed by atoms with Crippen LogP contribution in [0.25, 0.3) is 0 Å². The van der Waals surface area contributed by atoms with Crippen LogP contribution >= 0.6 is 0 Å². The number of Topliss-reactive ketones (excluding diaryl/α,β-unsaturated/α-hetero) is 1. The third-order valence-electron chi connectivity index (χ3n) is 4.27. The zero-order valence-corrected chi connectivity index (χ0v) is 12.1. The number of ketones is 1. The van der Waals surface area contributed by atoms with Crippen molar-refractivity contribution in [3.63, 3.8) is 0 Å². The quantitative estimate of drug-likeness (QED) is 0.824. The van der Waals surface area contributed by atoms with Gasteiger partial charge in [0.25, 0.3) is 0 Å². The minimum atomic E-state index is -1.15. The molecule has 2 aliphatic rings. The van der Waals surface area contributed by atoms with Crippen LogP contribution in [0.1, 0.15) is 52.9 Å². The number of carbonyl (C=O) groups is 3. The standard InChI is InChI=1S/C14H21NO5/c1-12(2,3)20-11(19)15-14(5-4-6-14)13(10(17)18)7-9(16)8-13/h4-8H2,1-3H3,(H,15,19)(H,17,18). The van der Waals surface area contributed by atoms with Gasteiger partial charge in [-0.2, -0.15) is 0 Å². The third-order valence-corrected chi connectivity index (χ3v) is 4.27. The maximum absolute atomic E-state index is 11.9. The van der Waals surface area contributed by atoms with Crippen LogP contribution in [0.5, 0.6) is 0 Å². The van der Waals surface area contributed by atoms with Gasteiger partial charge in [-0.25, -0.2) is 4.79 Å². The number of amides is 1. The summed E-state index contributed by atoms with van der Waals surface area (Å²) in [5.74, 6) is -1.07. The Bertz CT molecular complexity index is 451. The van der Waals surface area contributed by atoms with Crippen molar-refractivity contribution in [1.29, 1.82) is 0 Å². The minimum Gasteiger partial charge on any atom is -0.481 e. The molecule has 0 spiro atoms. The summed E-state index contributed by atoms with van der Waals surface area (Å²) in [6, 6.07) is 0. The Hall–Kier alpha value is -1.59. The van der Waals surface area contributed by atoms with Crippen molar-refractivity contribution in [3.8, 4) is 0 Å². The molecule has 6 nitrogen and oxygen atoms in total. The van der Waals surface area contributed by atoms with E-state index < -0.39 is 28.6 Å². The van der Waals surface area contributed by atoms with Crippen LogP contribution in [0.3, 0.4) is 0 Å². The zero-order chi connectivity index (χ0) is 15.2. The van der Waals surface area contributed by atoms with E-state index in [1.54, 1.807) is 20.8 Å². The fourth-order valence-electron chi connectivity index (χ4n) is 3.07. The average molecular weight is 283 g/mol. The number of hydrogen-bond acceptors (Lipinski definition) is 4. The van der Waals surface area contributed by atoms with Crippen LogP contribution in [-0.4, -0.2) is 34.1 Å². The van der Waals surface area contributed by atoms with E-state index >= 15 is 0 Å². The molecule has 0 aromatic carbocycles. The second kappa shape index (κ2) is 4.46. The first kappa shape index (κ1) is 14.8. The number of nitrogens with one attached hydrogen (secondary N) is 1. The normalized spacial score (nSPS) is 23.2. The number of carbonyl (C=O) groups excluding carboxylic acids is 2. The smallest absolute Gasteiger partial charge is 0.408 e. The molecule has 1 amide bonds. The minimum absolute atomic E-state index is 0.00185. The summed E-state index contributed by atoms with van der Waals surface area (Å²) in [5, 5.41) is 12.2. The largest absolute Gasteiger partial charge is 0.481 e. The van der Waals surface area contributed by atoms with Crippen molar-refractivity contribution >= 4 is 17.8 Å². The first-order valence-electron chi connectivity index (χ1n) is 6.87. The van der Waals surface area contributed by atoms with Crippen LogP contribution in [-0.2, 0) is 14.3 Å². The predicted molar refractivity (Wildman–Crippen MR) is 70.3 cm³/mol. The van der Waals surface area contributed by atoms with Crippen LogP contribution in [0.2, 0.25) is 0 Å². The summed E-state index contributed by atoms with van der Waals surface area (Å²) in [5.41, 5.74) is -2.63. The number of carboxylic acids is 1. The molecule has 2 fully saturated rings. The summed E-state index contributed by atoms with van der Waals surface area (Å²) in [4.78, 5) is 34.9. The van der Waals surface area contributed by atoms with Crippen LogP contribution in [0.15, 0.2) is 0 Å². The maximum Gasteiger partial charge on any atom is 0.408 e. The predicted octanol–water partition coefficient (Wildman–Crippen LogP) is 1.87. The van der Waals surface area contributed by atoms with E-state index in [1.807, 2.05) is 0 Å². The molecule has 6 heteroatoms. The molecular weight excluding hydrogens is 262 g/mol. The van der Waals surface area contributed by atoms with Gasteiger partial charge in [-0.3, -0.25) is 9.59 Å². The van der Waals surface area contributed by atoms with Gasteiger partial charge in [0, 0.05) is 12.8 Å². The lowest BCUT2D eigenvalue weighted by molar-refractivity contribution is -0.174. The fraction of sp³-hybridized carbons (Fsp3) is 0.786. The highest BCUT2D eigenvalue weighted by atomic mass is 16.6. The molecule has 0 radical (unpaired) electrons. The van der Waals surface area contributed by atoms with Crippen molar-refractivity contribution in [1.82, 2.24) is 5.32 Å². The van der Waals surface area contributed by atoms with Gasteiger partial charge < -0.3 is 15.2 Å². The number of aliphatic carboxylic acids is 1. The molecule has 2 saturated carbocycles. The van der Waals surface area contributed by atoms with E-state index in [2.05, 4.69) is 5.32 Å². The van der Waals surface area contributed by atoms with Gasteiger partial charge in [-0.15, -0.1) is 0 Å². The van der Waals surface area contributed by atoms with Crippen LogP contribution < -0.4 is 5.32 Å². The van der Waals surface area contributed by atoms with Crippen molar-refractivity contribution in [2.24, 2.45) is 5.41 Å². The SMILES string of the molecule is CC(C)(C)OC(=O)NC1(C2(C(=O)O)CC(=O)C2)CCC1. The van der Waals surface area contributed by atoms with E-state index in [0.29, 0.717) is 12.8 Å². The Labute approximate surface area is 117 Å². The molecular formula is C14H21NO5. The second-order valence-corrected chi connectivity index (χ2v) is 6.84. The number of carboxylic acid groups (broad SMARTS) is 1. The topological polar surface area (TPSA) is 92.7 Å². The van der Waals surface area contributed by atoms with E-state index in [-0.39, 0.29) is 18.6 Å². The van der Waals surface area contributed by atoms with E-state index in [9.17, 15) is 19.5 Å². The molecule has 112 valence electrons. The molecule has 0 saturated heterocycles.